The lowest BCUT2D eigenvalue weighted by atomic mass is 10.1. The van der Waals surface area contributed by atoms with Gasteiger partial charge in [0.1, 0.15) is 5.75 Å². The molecule has 1 aliphatic rings. The van der Waals surface area contributed by atoms with Gasteiger partial charge in [-0.3, -0.25) is 10.1 Å². The molecule has 0 aromatic heterocycles. The van der Waals surface area contributed by atoms with E-state index in [2.05, 4.69) is 15.5 Å². The highest BCUT2D eigenvalue weighted by Gasteiger charge is 2.18. The van der Waals surface area contributed by atoms with Crippen LogP contribution in [0.25, 0.3) is 0 Å². The van der Waals surface area contributed by atoms with Gasteiger partial charge in [-0.1, -0.05) is 23.7 Å². The number of thiocarbonyl (C=S) groups is 1. The molecular weight excluding hydrogens is 394 g/mol. The van der Waals surface area contributed by atoms with E-state index in [1.807, 2.05) is 31.2 Å². The zero-order chi connectivity index (χ0) is 19.9. The highest BCUT2D eigenvalue weighted by molar-refractivity contribution is 7.80. The van der Waals surface area contributed by atoms with Crippen LogP contribution < -0.4 is 20.3 Å². The molecule has 0 unspecified atom stereocenters. The number of hydrogen-bond acceptors (Lipinski definition) is 4. The average molecular weight is 418 g/mol. The minimum absolute atomic E-state index is 0.229. The largest absolute Gasteiger partial charge is 0.494 e. The molecule has 1 fully saturated rings. The van der Waals surface area contributed by atoms with Crippen LogP contribution in [0, 0.1) is 0 Å². The Bertz CT molecular complexity index is 853. The van der Waals surface area contributed by atoms with Gasteiger partial charge >= 0.3 is 0 Å². The average Bonchev–Trinajstić information content (AvgIpc) is 2.69. The number of carbonyl (C=O) groups excluding carboxylic acids is 1. The molecule has 148 valence electrons. The van der Waals surface area contributed by atoms with Crippen LogP contribution in [0.3, 0.4) is 0 Å². The van der Waals surface area contributed by atoms with Crippen LogP contribution in [-0.4, -0.2) is 30.7 Å². The van der Waals surface area contributed by atoms with Gasteiger partial charge in [-0.15, -0.1) is 0 Å². The zero-order valence-corrected chi connectivity index (χ0v) is 17.4. The lowest BCUT2D eigenvalue weighted by molar-refractivity contribution is 0.0977. The third-order valence-corrected chi connectivity index (χ3v) is 5.05. The molecule has 0 saturated carbocycles. The van der Waals surface area contributed by atoms with Gasteiger partial charge in [0.2, 0.25) is 0 Å². The fourth-order valence-corrected chi connectivity index (χ4v) is 3.77. The third kappa shape index (κ3) is 5.14. The molecule has 2 N–H and O–H groups in total. The number of amides is 1. The first-order valence-corrected chi connectivity index (χ1v) is 10.3. The summed E-state index contributed by atoms with van der Waals surface area (Å²) in [6.45, 7) is 4.36. The standard InChI is InChI=1S/C21H24ClN3O2S/c1-2-27-16-9-6-8-15(14-16)20(26)24-21(28)23-18-11-7-10-17(22)19(18)25-12-4-3-5-13-25/h6-11,14H,2-5,12-13H2,1H3,(H2,23,24,26,28). The monoisotopic (exact) mass is 417 g/mol. The summed E-state index contributed by atoms with van der Waals surface area (Å²) in [6, 6.07) is 12.7. The first-order chi connectivity index (χ1) is 13.6. The first-order valence-electron chi connectivity index (χ1n) is 9.47. The van der Waals surface area contributed by atoms with E-state index >= 15 is 0 Å². The van der Waals surface area contributed by atoms with E-state index in [0.29, 0.717) is 22.9 Å². The Labute approximate surface area is 176 Å². The SMILES string of the molecule is CCOc1cccc(C(=O)NC(=S)Nc2cccc(Cl)c2N2CCCCC2)c1. The van der Waals surface area contributed by atoms with E-state index in [9.17, 15) is 4.79 Å². The summed E-state index contributed by atoms with van der Waals surface area (Å²) in [6.07, 6.45) is 3.52. The fraction of sp³-hybridized carbons (Fsp3) is 0.333. The number of halogens is 1. The topological polar surface area (TPSA) is 53.6 Å². The smallest absolute Gasteiger partial charge is 0.257 e. The van der Waals surface area contributed by atoms with E-state index in [1.165, 1.54) is 6.42 Å². The molecule has 0 aliphatic carbocycles. The summed E-state index contributed by atoms with van der Waals surface area (Å²) in [5.41, 5.74) is 2.21. The molecule has 0 spiro atoms. The number of piperidine rings is 1. The molecule has 0 radical (unpaired) electrons. The van der Waals surface area contributed by atoms with E-state index in [1.54, 1.807) is 18.2 Å². The Morgan fingerprint density at radius 3 is 2.68 bits per heavy atom. The highest BCUT2D eigenvalue weighted by atomic mass is 35.5. The first kappa shape index (κ1) is 20.4. The van der Waals surface area contributed by atoms with Crippen molar-refractivity contribution in [2.24, 2.45) is 0 Å². The summed E-state index contributed by atoms with van der Waals surface area (Å²) in [5, 5.41) is 6.76. The summed E-state index contributed by atoms with van der Waals surface area (Å²) in [7, 11) is 0. The Morgan fingerprint density at radius 2 is 1.93 bits per heavy atom. The van der Waals surface area contributed by atoms with Crippen molar-refractivity contribution in [1.29, 1.82) is 0 Å². The number of carbonyl (C=O) groups is 1. The van der Waals surface area contributed by atoms with Crippen molar-refractivity contribution in [1.82, 2.24) is 5.32 Å². The van der Waals surface area contributed by atoms with Crippen molar-refractivity contribution >= 4 is 46.2 Å². The van der Waals surface area contributed by atoms with Crippen LogP contribution >= 0.6 is 23.8 Å². The lowest BCUT2D eigenvalue weighted by Gasteiger charge is -2.31. The van der Waals surface area contributed by atoms with Gasteiger partial charge in [-0.25, -0.2) is 0 Å². The number of ether oxygens (including phenoxy) is 1. The van der Waals surface area contributed by atoms with E-state index in [-0.39, 0.29) is 11.0 Å². The number of rotatable bonds is 5. The maximum atomic E-state index is 12.5. The Kier molecular flexibility index (Phi) is 7.12. The predicted molar refractivity (Wildman–Crippen MR) is 119 cm³/mol. The number of benzene rings is 2. The minimum Gasteiger partial charge on any atom is -0.494 e. The van der Waals surface area contributed by atoms with E-state index in [4.69, 9.17) is 28.6 Å². The minimum atomic E-state index is -0.291. The van der Waals surface area contributed by atoms with Crippen molar-refractivity contribution in [3.05, 3.63) is 53.1 Å². The lowest BCUT2D eigenvalue weighted by Crippen LogP contribution is -2.35. The second kappa shape index (κ2) is 9.75. The van der Waals surface area contributed by atoms with Gasteiger partial charge in [0.25, 0.3) is 5.91 Å². The van der Waals surface area contributed by atoms with Crippen molar-refractivity contribution in [2.75, 3.05) is 29.9 Å². The van der Waals surface area contributed by atoms with Crippen molar-refractivity contribution in [3.8, 4) is 5.75 Å². The van der Waals surface area contributed by atoms with Gasteiger partial charge in [0.05, 0.1) is 23.0 Å². The number of nitrogens with one attached hydrogen (secondary N) is 2. The molecule has 28 heavy (non-hydrogen) atoms. The highest BCUT2D eigenvalue weighted by Crippen LogP contribution is 2.35. The van der Waals surface area contributed by atoms with Crippen LogP contribution in [-0.2, 0) is 0 Å². The van der Waals surface area contributed by atoms with Crippen LogP contribution in [0.4, 0.5) is 11.4 Å². The molecule has 1 amide bonds. The van der Waals surface area contributed by atoms with Crippen molar-refractivity contribution < 1.29 is 9.53 Å². The zero-order valence-electron chi connectivity index (χ0n) is 15.8. The Balaban J connectivity index is 1.70. The van der Waals surface area contributed by atoms with Crippen LogP contribution in [0.15, 0.2) is 42.5 Å². The molecule has 0 bridgehead atoms. The van der Waals surface area contributed by atoms with Gasteiger partial charge in [0, 0.05) is 18.7 Å². The van der Waals surface area contributed by atoms with Crippen molar-refractivity contribution in [2.45, 2.75) is 26.2 Å². The second-order valence-corrected chi connectivity index (χ2v) is 7.37. The molecule has 2 aromatic carbocycles. The molecular formula is C21H24ClN3O2S. The number of anilines is 2. The van der Waals surface area contributed by atoms with Gasteiger partial charge in [0.15, 0.2) is 5.11 Å². The van der Waals surface area contributed by atoms with Crippen LogP contribution in [0.5, 0.6) is 5.75 Å². The summed E-state index contributed by atoms with van der Waals surface area (Å²) >= 11 is 11.8. The second-order valence-electron chi connectivity index (χ2n) is 6.55. The maximum absolute atomic E-state index is 12.5. The van der Waals surface area contributed by atoms with Gasteiger partial charge in [-0.05, 0) is 68.7 Å². The van der Waals surface area contributed by atoms with Crippen LogP contribution in [0.1, 0.15) is 36.5 Å². The molecule has 1 saturated heterocycles. The molecule has 5 nitrogen and oxygen atoms in total. The van der Waals surface area contributed by atoms with Crippen LogP contribution in [0.2, 0.25) is 5.02 Å². The maximum Gasteiger partial charge on any atom is 0.257 e. The Hall–Kier alpha value is -2.31. The molecule has 7 heteroatoms. The molecule has 3 rings (SSSR count). The summed E-state index contributed by atoms with van der Waals surface area (Å²) in [4.78, 5) is 14.8. The van der Waals surface area contributed by atoms with E-state index < -0.39 is 0 Å². The van der Waals surface area contributed by atoms with E-state index in [0.717, 1.165) is 37.3 Å². The number of para-hydroxylation sites is 1. The quantitative estimate of drug-likeness (QED) is 0.680. The van der Waals surface area contributed by atoms with Gasteiger partial charge < -0.3 is 15.0 Å². The third-order valence-electron chi connectivity index (χ3n) is 4.54. The molecule has 1 heterocycles. The predicted octanol–water partition coefficient (Wildman–Crippen LogP) is 4.86. The normalized spacial score (nSPS) is 13.7. The molecule has 1 aliphatic heterocycles. The summed E-state index contributed by atoms with van der Waals surface area (Å²) in [5.74, 6) is 0.358. The fourth-order valence-electron chi connectivity index (χ4n) is 3.28. The number of nitrogens with zero attached hydrogens (tertiary/aromatic N) is 1. The number of hydrogen-bond donors (Lipinski definition) is 2. The van der Waals surface area contributed by atoms with Gasteiger partial charge in [-0.2, -0.15) is 0 Å². The molecule has 2 aromatic rings. The van der Waals surface area contributed by atoms with Crippen molar-refractivity contribution in [3.63, 3.8) is 0 Å². The Morgan fingerprint density at radius 1 is 1.18 bits per heavy atom. The molecule has 0 atom stereocenters. The summed E-state index contributed by atoms with van der Waals surface area (Å²) < 4.78 is 5.44.